The number of carboxylic acid groups (broad SMARTS) is 1. The summed E-state index contributed by atoms with van der Waals surface area (Å²) in [5, 5.41) is 24.3. The van der Waals surface area contributed by atoms with Gasteiger partial charge in [0.25, 0.3) is 0 Å². The summed E-state index contributed by atoms with van der Waals surface area (Å²) < 4.78 is 11.6. The summed E-state index contributed by atoms with van der Waals surface area (Å²) in [6, 6.07) is 41.3. The number of nitrogens with zero attached hydrogens (tertiary/aromatic N) is 1. The lowest BCUT2D eigenvalue weighted by molar-refractivity contribution is -0.139. The first-order valence-electron chi connectivity index (χ1n) is 14.2. The summed E-state index contributed by atoms with van der Waals surface area (Å²) in [6.07, 6.45) is -0.316. The van der Waals surface area contributed by atoms with Crippen molar-refractivity contribution < 1.29 is 24.5 Å². The lowest BCUT2D eigenvalue weighted by atomic mass is 9.84. The van der Waals surface area contributed by atoms with E-state index in [4.69, 9.17) is 19.6 Å². The first-order chi connectivity index (χ1) is 21.0. The Morgan fingerprint density at radius 1 is 0.674 bits per heavy atom. The number of ether oxygens (including phenoxy) is 2. The molecular formula is C37H31NO5. The number of fused-ring (bicyclic) bond motifs is 2. The number of carboxylic acids is 1. The maximum Gasteiger partial charge on any atom is 0.341 e. The van der Waals surface area contributed by atoms with Crippen molar-refractivity contribution >= 4 is 27.6 Å². The van der Waals surface area contributed by atoms with E-state index in [-0.39, 0.29) is 5.92 Å². The molecule has 5 aromatic carbocycles. The maximum absolute atomic E-state index is 11.8. The van der Waals surface area contributed by atoms with Gasteiger partial charge in [0.05, 0.1) is 17.3 Å². The fourth-order valence-corrected chi connectivity index (χ4v) is 5.38. The predicted molar refractivity (Wildman–Crippen MR) is 167 cm³/mol. The van der Waals surface area contributed by atoms with E-state index in [1.165, 1.54) is 0 Å². The third-order valence-corrected chi connectivity index (χ3v) is 7.54. The summed E-state index contributed by atoms with van der Waals surface area (Å²) in [5.41, 5.74) is 4.37. The second-order valence-corrected chi connectivity index (χ2v) is 10.5. The van der Waals surface area contributed by atoms with Gasteiger partial charge in [-0.3, -0.25) is 0 Å². The second-order valence-electron chi connectivity index (χ2n) is 10.5. The summed E-state index contributed by atoms with van der Waals surface area (Å²) in [7, 11) is 0. The molecule has 0 fully saturated rings. The van der Waals surface area contributed by atoms with Crippen molar-refractivity contribution in [2.75, 3.05) is 6.61 Å². The molecule has 1 aromatic heterocycles. The highest BCUT2D eigenvalue weighted by Gasteiger charge is 2.25. The van der Waals surface area contributed by atoms with Crippen LogP contribution in [0.25, 0.3) is 21.7 Å². The molecule has 0 radical (unpaired) electrons. The Hall–Kier alpha value is -5.20. The minimum atomic E-state index is -1.05. The topological polar surface area (TPSA) is 88.9 Å². The van der Waals surface area contributed by atoms with Crippen LogP contribution in [-0.2, 0) is 17.8 Å². The Morgan fingerprint density at radius 3 is 2.16 bits per heavy atom. The van der Waals surface area contributed by atoms with E-state index in [2.05, 4.69) is 30.3 Å². The normalized spacial score (nSPS) is 12.6. The van der Waals surface area contributed by atoms with Crippen LogP contribution < -0.4 is 9.47 Å². The third-order valence-electron chi connectivity index (χ3n) is 7.54. The molecule has 214 valence electrons. The Kier molecular flexibility index (Phi) is 8.29. The zero-order valence-corrected chi connectivity index (χ0v) is 23.5. The fourth-order valence-electron chi connectivity index (χ4n) is 5.38. The van der Waals surface area contributed by atoms with Crippen LogP contribution >= 0.6 is 0 Å². The Morgan fingerprint density at radius 2 is 1.35 bits per heavy atom. The molecule has 1 heterocycles. The summed E-state index contributed by atoms with van der Waals surface area (Å²) in [5.74, 6) is -0.314. The average Bonchev–Trinajstić information content (AvgIpc) is 3.05. The highest BCUT2D eigenvalue weighted by Crippen LogP contribution is 2.37. The Balaban J connectivity index is 1.27. The molecule has 6 aromatic rings. The van der Waals surface area contributed by atoms with E-state index in [0.717, 1.165) is 38.5 Å². The zero-order valence-electron chi connectivity index (χ0n) is 23.5. The molecule has 0 saturated heterocycles. The highest BCUT2D eigenvalue weighted by molar-refractivity contribution is 5.83. The van der Waals surface area contributed by atoms with Crippen molar-refractivity contribution in [3.63, 3.8) is 0 Å². The molecule has 6 rings (SSSR count). The molecule has 2 N–H and O–H groups in total. The van der Waals surface area contributed by atoms with Gasteiger partial charge in [0.2, 0.25) is 0 Å². The van der Waals surface area contributed by atoms with Gasteiger partial charge in [-0.25, -0.2) is 9.78 Å². The predicted octanol–water partition coefficient (Wildman–Crippen LogP) is 7.49. The highest BCUT2D eigenvalue weighted by atomic mass is 16.5. The van der Waals surface area contributed by atoms with E-state index in [9.17, 15) is 9.90 Å². The number of aliphatic hydroxyl groups excluding tert-OH is 1. The van der Waals surface area contributed by atoms with Crippen molar-refractivity contribution in [2.24, 2.45) is 0 Å². The Labute approximate surface area is 249 Å². The molecule has 0 aliphatic rings. The smallest absolute Gasteiger partial charge is 0.341 e. The number of carbonyl (C=O) groups is 1. The van der Waals surface area contributed by atoms with Gasteiger partial charge in [0.1, 0.15) is 18.1 Å². The molecular weight excluding hydrogens is 538 g/mol. The standard InChI is InChI=1S/C37H31NO5/c39-36(40)24-43-32-12-5-10-29(21-32)34(20-25-15-16-26-7-1-2-9-28(26)19-25)37(41)30-11-6-13-33(22-30)42-23-31-18-17-27-8-3-4-14-35(27)38-31/h1-19,21-22,34,37,41H,20,23-24H2,(H,39,40). The number of pyridine rings is 1. The molecule has 0 bridgehead atoms. The van der Waals surface area contributed by atoms with Crippen LogP contribution in [0.4, 0.5) is 0 Å². The van der Waals surface area contributed by atoms with E-state index >= 15 is 0 Å². The van der Waals surface area contributed by atoms with Crippen molar-refractivity contribution in [1.82, 2.24) is 4.98 Å². The van der Waals surface area contributed by atoms with Gasteiger partial charge in [-0.05, 0) is 70.3 Å². The van der Waals surface area contributed by atoms with Gasteiger partial charge < -0.3 is 19.7 Å². The molecule has 43 heavy (non-hydrogen) atoms. The first-order valence-corrected chi connectivity index (χ1v) is 14.2. The van der Waals surface area contributed by atoms with Crippen LogP contribution in [0, 0.1) is 0 Å². The van der Waals surface area contributed by atoms with Crippen LogP contribution in [0.2, 0.25) is 0 Å². The van der Waals surface area contributed by atoms with Crippen LogP contribution in [0.15, 0.2) is 127 Å². The molecule has 0 saturated carbocycles. The Bertz CT molecular complexity index is 1880. The van der Waals surface area contributed by atoms with E-state index in [0.29, 0.717) is 30.1 Å². The van der Waals surface area contributed by atoms with Gasteiger partial charge in [-0.2, -0.15) is 0 Å². The van der Waals surface area contributed by atoms with Crippen LogP contribution in [0.5, 0.6) is 11.5 Å². The number of hydrogen-bond acceptors (Lipinski definition) is 5. The molecule has 2 atom stereocenters. The van der Waals surface area contributed by atoms with Gasteiger partial charge in [-0.15, -0.1) is 0 Å². The summed E-state index contributed by atoms with van der Waals surface area (Å²) in [4.78, 5) is 15.8. The quantitative estimate of drug-likeness (QED) is 0.168. The first kappa shape index (κ1) is 27.9. The lowest BCUT2D eigenvalue weighted by Crippen LogP contribution is -2.15. The number of aromatic nitrogens is 1. The minimum absolute atomic E-state index is 0.299. The monoisotopic (exact) mass is 569 g/mol. The lowest BCUT2D eigenvalue weighted by Gasteiger charge is -2.25. The maximum atomic E-state index is 11.8. The number of para-hydroxylation sites is 1. The van der Waals surface area contributed by atoms with Gasteiger partial charge in [0, 0.05) is 11.3 Å². The van der Waals surface area contributed by atoms with Gasteiger partial charge in [0.15, 0.2) is 6.61 Å². The van der Waals surface area contributed by atoms with Crippen LogP contribution in [0.3, 0.4) is 0 Å². The molecule has 0 aliphatic heterocycles. The SMILES string of the molecule is O=C(O)COc1cccc(C(Cc2ccc3ccccc3c2)C(O)c2cccc(OCc3ccc4ccccc4n3)c2)c1. The van der Waals surface area contributed by atoms with Crippen molar-refractivity contribution in [3.8, 4) is 11.5 Å². The average molecular weight is 570 g/mol. The number of benzene rings is 5. The van der Waals surface area contributed by atoms with Crippen molar-refractivity contribution in [3.05, 3.63) is 150 Å². The van der Waals surface area contributed by atoms with Crippen LogP contribution in [0.1, 0.15) is 34.4 Å². The molecule has 0 aliphatic carbocycles. The fraction of sp³-hybridized carbons (Fsp3) is 0.135. The largest absolute Gasteiger partial charge is 0.487 e. The van der Waals surface area contributed by atoms with E-state index in [1.807, 2.05) is 91.0 Å². The number of rotatable bonds is 11. The minimum Gasteiger partial charge on any atom is -0.487 e. The number of aliphatic carboxylic acids is 1. The number of hydrogen-bond donors (Lipinski definition) is 2. The zero-order chi connectivity index (χ0) is 29.6. The number of aliphatic hydroxyl groups is 1. The third kappa shape index (κ3) is 6.83. The molecule has 0 spiro atoms. The summed E-state index contributed by atoms with van der Waals surface area (Å²) >= 11 is 0. The van der Waals surface area contributed by atoms with Crippen LogP contribution in [-0.4, -0.2) is 27.8 Å². The molecule has 6 heteroatoms. The molecule has 6 nitrogen and oxygen atoms in total. The van der Waals surface area contributed by atoms with Gasteiger partial charge >= 0.3 is 5.97 Å². The molecule has 2 unspecified atom stereocenters. The van der Waals surface area contributed by atoms with E-state index in [1.54, 1.807) is 6.07 Å². The summed E-state index contributed by atoms with van der Waals surface area (Å²) in [6.45, 7) is -0.138. The van der Waals surface area contributed by atoms with E-state index < -0.39 is 18.7 Å². The van der Waals surface area contributed by atoms with Crippen molar-refractivity contribution in [1.29, 1.82) is 0 Å². The molecule has 0 amide bonds. The van der Waals surface area contributed by atoms with Crippen molar-refractivity contribution in [2.45, 2.75) is 25.0 Å². The van der Waals surface area contributed by atoms with Gasteiger partial charge in [-0.1, -0.05) is 91.0 Å². The second kappa shape index (κ2) is 12.8.